The first kappa shape index (κ1) is 18.3. The highest BCUT2D eigenvalue weighted by atomic mass is 15.5. The summed E-state index contributed by atoms with van der Waals surface area (Å²) < 4.78 is 2.18. The number of benzene rings is 1. The van der Waals surface area contributed by atoms with E-state index < -0.39 is 0 Å². The van der Waals surface area contributed by atoms with Crippen molar-refractivity contribution in [1.82, 2.24) is 25.8 Å². The van der Waals surface area contributed by atoms with Crippen molar-refractivity contribution in [2.75, 3.05) is 0 Å². The molecule has 3 fully saturated rings. The average Bonchev–Trinajstić information content (AvgIpc) is 3.45. The third-order valence-corrected chi connectivity index (χ3v) is 7.18. The molecule has 4 unspecified atom stereocenters. The summed E-state index contributed by atoms with van der Waals surface area (Å²) >= 11 is 0. The van der Waals surface area contributed by atoms with E-state index in [0.717, 1.165) is 31.7 Å². The number of aromatic nitrogens is 3. The maximum absolute atomic E-state index is 6.29. The lowest BCUT2D eigenvalue weighted by atomic mass is 9.76. The summed E-state index contributed by atoms with van der Waals surface area (Å²) in [5, 5.41) is 9.39. The molecule has 2 saturated carbocycles. The van der Waals surface area contributed by atoms with Gasteiger partial charge in [-0.05, 0) is 37.2 Å². The van der Waals surface area contributed by atoms with Crippen molar-refractivity contribution in [3.63, 3.8) is 0 Å². The minimum Gasteiger partial charge on any atom is -0.315 e. The Morgan fingerprint density at radius 1 is 1.04 bits per heavy atom. The molecular formula is C22H32N6. The van der Waals surface area contributed by atoms with Crippen LogP contribution in [0.5, 0.6) is 0 Å². The van der Waals surface area contributed by atoms with Crippen molar-refractivity contribution in [3.8, 4) is 0 Å². The Morgan fingerprint density at radius 3 is 2.68 bits per heavy atom. The average molecular weight is 381 g/mol. The molecule has 150 valence electrons. The van der Waals surface area contributed by atoms with E-state index in [0.29, 0.717) is 17.9 Å². The summed E-state index contributed by atoms with van der Waals surface area (Å²) in [6.45, 7) is 0.817. The number of nitrogens with zero attached hydrogens (tertiary/aromatic N) is 3. The predicted molar refractivity (Wildman–Crippen MR) is 109 cm³/mol. The van der Waals surface area contributed by atoms with Crippen LogP contribution >= 0.6 is 0 Å². The lowest BCUT2D eigenvalue weighted by Crippen LogP contribution is -2.39. The molecule has 1 aromatic heterocycles. The number of hydrogen-bond donors (Lipinski definition) is 3. The molecule has 4 atom stereocenters. The van der Waals surface area contributed by atoms with Gasteiger partial charge in [0.15, 0.2) is 0 Å². The third-order valence-electron chi connectivity index (χ3n) is 7.18. The third kappa shape index (κ3) is 3.61. The van der Waals surface area contributed by atoms with Gasteiger partial charge in [0.2, 0.25) is 0 Å². The molecule has 3 aliphatic rings. The second-order valence-corrected chi connectivity index (χ2v) is 9.01. The quantitative estimate of drug-likeness (QED) is 0.743. The molecule has 0 spiro atoms. The van der Waals surface area contributed by atoms with Gasteiger partial charge in [0, 0.05) is 17.9 Å². The van der Waals surface area contributed by atoms with Crippen molar-refractivity contribution in [2.45, 2.75) is 76.0 Å². The van der Waals surface area contributed by atoms with Gasteiger partial charge in [0.05, 0.1) is 24.1 Å². The molecule has 1 saturated heterocycles. The van der Waals surface area contributed by atoms with Crippen LogP contribution < -0.4 is 16.6 Å². The van der Waals surface area contributed by atoms with E-state index in [-0.39, 0.29) is 6.17 Å². The molecule has 1 aliphatic heterocycles. The van der Waals surface area contributed by atoms with E-state index in [1.54, 1.807) is 0 Å². The number of nitrogens with one attached hydrogen (secondary N) is 2. The van der Waals surface area contributed by atoms with Crippen LogP contribution in [0.3, 0.4) is 0 Å². The molecule has 2 aliphatic carbocycles. The highest BCUT2D eigenvalue weighted by molar-refractivity contribution is 5.21. The van der Waals surface area contributed by atoms with Crippen molar-refractivity contribution in [3.05, 3.63) is 47.3 Å². The minimum absolute atomic E-state index is 0.0467. The number of fused-ring (bicyclic) bond motifs is 1. The molecule has 1 aromatic carbocycles. The lowest BCUT2D eigenvalue weighted by molar-refractivity contribution is 0.274. The number of hydrogen-bond acceptors (Lipinski definition) is 5. The summed E-state index contributed by atoms with van der Waals surface area (Å²) in [5.41, 5.74) is 16.8. The molecule has 0 radical (unpaired) electrons. The molecule has 2 heterocycles. The van der Waals surface area contributed by atoms with E-state index >= 15 is 0 Å². The summed E-state index contributed by atoms with van der Waals surface area (Å²) in [5.74, 6) is 1.76. The van der Waals surface area contributed by atoms with E-state index in [2.05, 4.69) is 51.1 Å². The fraction of sp³-hybridized carbons (Fsp3) is 0.636. The van der Waals surface area contributed by atoms with E-state index in [9.17, 15) is 0 Å². The van der Waals surface area contributed by atoms with Crippen molar-refractivity contribution < 1.29 is 0 Å². The Hall–Kier alpha value is -1.76. The highest BCUT2D eigenvalue weighted by Crippen LogP contribution is 2.40. The summed E-state index contributed by atoms with van der Waals surface area (Å²) in [7, 11) is 0. The SMILES string of the molecule is NC1NNC2CCC(c3nnn(Cc4ccccc4)c3CC3CCCC3)CC12. The Morgan fingerprint density at radius 2 is 1.86 bits per heavy atom. The molecule has 4 N–H and O–H groups in total. The molecule has 28 heavy (non-hydrogen) atoms. The monoisotopic (exact) mass is 380 g/mol. The lowest BCUT2D eigenvalue weighted by Gasteiger charge is -2.31. The van der Waals surface area contributed by atoms with Gasteiger partial charge in [0.25, 0.3) is 0 Å². The van der Waals surface area contributed by atoms with E-state index in [1.165, 1.54) is 49.1 Å². The molecular weight excluding hydrogens is 348 g/mol. The van der Waals surface area contributed by atoms with Crippen molar-refractivity contribution >= 4 is 0 Å². The van der Waals surface area contributed by atoms with Gasteiger partial charge in [-0.3, -0.25) is 5.43 Å². The smallest absolute Gasteiger partial charge is 0.0890 e. The van der Waals surface area contributed by atoms with Gasteiger partial charge >= 0.3 is 0 Å². The van der Waals surface area contributed by atoms with Crippen LogP contribution in [0.25, 0.3) is 0 Å². The normalized spacial score (nSPS) is 30.6. The summed E-state index contributed by atoms with van der Waals surface area (Å²) in [4.78, 5) is 0. The minimum atomic E-state index is 0.0467. The van der Waals surface area contributed by atoms with E-state index in [4.69, 9.17) is 10.8 Å². The van der Waals surface area contributed by atoms with Crippen LogP contribution in [0.15, 0.2) is 30.3 Å². The van der Waals surface area contributed by atoms with Gasteiger partial charge in [-0.1, -0.05) is 61.2 Å². The summed E-state index contributed by atoms with van der Waals surface area (Å²) in [6.07, 6.45) is 10.1. The standard InChI is InChI=1S/C22H32N6/c23-22-18-13-17(10-11-19(18)24-26-22)21-20(12-15-6-4-5-7-15)28(27-25-21)14-16-8-2-1-3-9-16/h1-3,8-9,15,17-19,22,24,26H,4-7,10-14,23H2. The molecule has 2 aromatic rings. The number of hydrazine groups is 1. The van der Waals surface area contributed by atoms with Crippen molar-refractivity contribution in [1.29, 1.82) is 0 Å². The topological polar surface area (TPSA) is 80.8 Å². The van der Waals surface area contributed by atoms with Gasteiger partial charge in [-0.25, -0.2) is 10.1 Å². The first-order valence-corrected chi connectivity index (χ1v) is 11.0. The molecule has 0 bridgehead atoms. The summed E-state index contributed by atoms with van der Waals surface area (Å²) in [6, 6.07) is 11.1. The second kappa shape index (κ2) is 7.93. The Kier molecular flexibility index (Phi) is 5.18. The zero-order valence-corrected chi connectivity index (χ0v) is 16.6. The van der Waals surface area contributed by atoms with Crippen molar-refractivity contribution in [2.24, 2.45) is 17.6 Å². The maximum atomic E-state index is 6.29. The van der Waals surface area contributed by atoms with Crippen LogP contribution in [0, 0.1) is 11.8 Å². The van der Waals surface area contributed by atoms with Crippen LogP contribution in [0.4, 0.5) is 0 Å². The maximum Gasteiger partial charge on any atom is 0.0890 e. The van der Waals surface area contributed by atoms with Crippen LogP contribution in [0.2, 0.25) is 0 Å². The first-order valence-electron chi connectivity index (χ1n) is 11.0. The van der Waals surface area contributed by atoms with Gasteiger partial charge in [-0.15, -0.1) is 5.10 Å². The molecule has 6 nitrogen and oxygen atoms in total. The predicted octanol–water partition coefficient (Wildman–Crippen LogP) is 2.70. The Labute approximate surface area is 167 Å². The fourth-order valence-corrected chi connectivity index (χ4v) is 5.58. The van der Waals surface area contributed by atoms with Crippen LogP contribution in [-0.4, -0.2) is 27.2 Å². The largest absolute Gasteiger partial charge is 0.315 e. The van der Waals surface area contributed by atoms with Gasteiger partial charge < -0.3 is 5.73 Å². The second-order valence-electron chi connectivity index (χ2n) is 9.01. The zero-order chi connectivity index (χ0) is 18.9. The van der Waals surface area contributed by atoms with Crippen LogP contribution in [0.1, 0.15) is 67.8 Å². The number of nitrogens with two attached hydrogens (primary N) is 1. The Balaban J connectivity index is 1.41. The molecule has 6 heteroatoms. The Bertz CT molecular complexity index is 782. The van der Waals surface area contributed by atoms with Crippen LogP contribution in [-0.2, 0) is 13.0 Å². The first-order chi connectivity index (χ1) is 13.8. The number of rotatable bonds is 5. The fourth-order valence-electron chi connectivity index (χ4n) is 5.58. The molecule has 5 rings (SSSR count). The molecule has 0 amide bonds. The zero-order valence-electron chi connectivity index (χ0n) is 16.6. The van der Waals surface area contributed by atoms with Gasteiger partial charge in [0.1, 0.15) is 0 Å². The van der Waals surface area contributed by atoms with Gasteiger partial charge in [-0.2, -0.15) is 0 Å². The highest BCUT2D eigenvalue weighted by Gasteiger charge is 2.40. The van der Waals surface area contributed by atoms with E-state index in [1.807, 2.05) is 0 Å².